The number of benzene rings is 4. The van der Waals surface area contributed by atoms with Crippen LogP contribution in [0.5, 0.6) is 0 Å². The number of hydrogen-bond donors (Lipinski definition) is 0. The van der Waals surface area contributed by atoms with Crippen molar-refractivity contribution < 1.29 is 8.83 Å². The van der Waals surface area contributed by atoms with Crippen LogP contribution < -0.4 is 0 Å². The van der Waals surface area contributed by atoms with Crippen LogP contribution >= 0.6 is 15.9 Å². The molecule has 3 heteroatoms. The third-order valence-corrected chi connectivity index (χ3v) is 5.41. The Labute approximate surface area is 150 Å². The van der Waals surface area contributed by atoms with E-state index in [1.807, 2.05) is 24.3 Å². The third kappa shape index (κ3) is 1.79. The fourth-order valence-electron chi connectivity index (χ4n) is 3.79. The Kier molecular flexibility index (Phi) is 2.51. The molecule has 0 atom stereocenters. The maximum atomic E-state index is 6.12. The minimum atomic E-state index is 0.851. The Morgan fingerprint density at radius 1 is 0.560 bits per heavy atom. The van der Waals surface area contributed by atoms with E-state index in [1.54, 1.807) is 0 Å². The molecule has 0 aliphatic rings. The first-order chi connectivity index (χ1) is 12.3. The summed E-state index contributed by atoms with van der Waals surface area (Å²) in [4.78, 5) is 0. The van der Waals surface area contributed by atoms with Gasteiger partial charge in [-0.3, -0.25) is 0 Å². The quantitative estimate of drug-likeness (QED) is 0.271. The molecule has 0 saturated heterocycles. The van der Waals surface area contributed by atoms with Gasteiger partial charge in [-0.15, -0.1) is 0 Å². The predicted octanol–water partition coefficient (Wildman–Crippen LogP) is 7.40. The lowest BCUT2D eigenvalue weighted by atomic mass is 10.0. The molecule has 118 valence electrons. The van der Waals surface area contributed by atoms with Crippen LogP contribution in [0, 0.1) is 0 Å². The van der Waals surface area contributed by atoms with Gasteiger partial charge >= 0.3 is 0 Å². The molecule has 25 heavy (non-hydrogen) atoms. The van der Waals surface area contributed by atoms with Crippen molar-refractivity contribution in [3.05, 3.63) is 71.2 Å². The molecule has 0 saturated carbocycles. The number of rotatable bonds is 0. The summed E-state index contributed by atoms with van der Waals surface area (Å²) < 4.78 is 13.2. The van der Waals surface area contributed by atoms with Crippen LogP contribution in [0.3, 0.4) is 0 Å². The summed E-state index contributed by atoms with van der Waals surface area (Å²) in [5.41, 5.74) is 3.51. The van der Waals surface area contributed by atoms with Crippen LogP contribution in [0.15, 0.2) is 80.0 Å². The first kappa shape index (κ1) is 13.5. The Morgan fingerprint density at radius 2 is 1.32 bits per heavy atom. The monoisotopic (exact) mass is 386 g/mol. The van der Waals surface area contributed by atoms with Gasteiger partial charge in [-0.25, -0.2) is 0 Å². The highest BCUT2D eigenvalue weighted by molar-refractivity contribution is 9.10. The molecule has 0 aliphatic heterocycles. The lowest BCUT2D eigenvalue weighted by Crippen LogP contribution is -1.74. The molecule has 0 N–H and O–H groups in total. The highest BCUT2D eigenvalue weighted by Gasteiger charge is 2.15. The summed E-state index contributed by atoms with van der Waals surface area (Å²) in [5, 5.41) is 6.95. The molecule has 0 amide bonds. The molecule has 0 radical (unpaired) electrons. The van der Waals surface area contributed by atoms with E-state index in [0.717, 1.165) is 43.0 Å². The van der Waals surface area contributed by atoms with Crippen molar-refractivity contribution in [2.75, 3.05) is 0 Å². The molecule has 2 nitrogen and oxygen atoms in total. The normalized spacial score (nSPS) is 12.2. The van der Waals surface area contributed by atoms with E-state index in [-0.39, 0.29) is 0 Å². The van der Waals surface area contributed by atoms with E-state index in [0.29, 0.717) is 0 Å². The Bertz CT molecular complexity index is 1450. The molecule has 0 fully saturated rings. The maximum Gasteiger partial charge on any atom is 0.139 e. The van der Waals surface area contributed by atoms with Gasteiger partial charge in [-0.05, 0) is 41.1 Å². The van der Waals surface area contributed by atoms with Crippen molar-refractivity contribution in [2.45, 2.75) is 0 Å². The topological polar surface area (TPSA) is 26.3 Å². The Hall–Kier alpha value is -2.78. The second kappa shape index (κ2) is 4.64. The van der Waals surface area contributed by atoms with Gasteiger partial charge in [0, 0.05) is 32.1 Å². The second-order valence-electron chi connectivity index (χ2n) is 6.35. The van der Waals surface area contributed by atoms with Gasteiger partial charge < -0.3 is 8.83 Å². The molecule has 2 aromatic heterocycles. The summed E-state index contributed by atoms with van der Waals surface area (Å²) in [7, 11) is 0. The molecule has 6 aromatic rings. The van der Waals surface area contributed by atoms with Crippen molar-refractivity contribution in [1.29, 1.82) is 0 Å². The van der Waals surface area contributed by atoms with Gasteiger partial charge in [0.15, 0.2) is 0 Å². The van der Waals surface area contributed by atoms with E-state index in [9.17, 15) is 0 Å². The number of fused-ring (bicyclic) bond motifs is 8. The van der Waals surface area contributed by atoms with Crippen LogP contribution in [0.2, 0.25) is 0 Å². The summed E-state index contributed by atoms with van der Waals surface area (Å²) in [6.07, 6.45) is 0. The molecule has 6 rings (SSSR count). The minimum Gasteiger partial charge on any atom is -0.456 e. The van der Waals surface area contributed by atoms with Gasteiger partial charge in [0.2, 0.25) is 0 Å². The Morgan fingerprint density at radius 3 is 2.28 bits per heavy atom. The first-order valence-corrected chi connectivity index (χ1v) is 8.93. The predicted molar refractivity (Wildman–Crippen MR) is 106 cm³/mol. The summed E-state index contributed by atoms with van der Waals surface area (Å²) in [6, 6.07) is 22.9. The maximum absolute atomic E-state index is 6.12. The van der Waals surface area contributed by atoms with Crippen molar-refractivity contribution in [3.63, 3.8) is 0 Å². The zero-order valence-corrected chi connectivity index (χ0v) is 14.6. The Balaban J connectivity index is 1.87. The van der Waals surface area contributed by atoms with Gasteiger partial charge in [-0.2, -0.15) is 0 Å². The summed E-state index contributed by atoms with van der Waals surface area (Å²) in [5.74, 6) is 0. The zero-order chi connectivity index (χ0) is 16.5. The lowest BCUT2D eigenvalue weighted by molar-refractivity contribution is 0.656. The fraction of sp³-hybridized carbons (Fsp3) is 0. The summed E-state index contributed by atoms with van der Waals surface area (Å²) >= 11 is 3.56. The number of furan rings is 2. The zero-order valence-electron chi connectivity index (χ0n) is 13.0. The van der Waals surface area contributed by atoms with E-state index < -0.39 is 0 Å². The summed E-state index contributed by atoms with van der Waals surface area (Å²) in [6.45, 7) is 0. The molecule has 4 aromatic carbocycles. The van der Waals surface area contributed by atoms with E-state index >= 15 is 0 Å². The molecule has 0 aliphatic carbocycles. The third-order valence-electron chi connectivity index (χ3n) is 4.91. The van der Waals surface area contributed by atoms with Crippen molar-refractivity contribution in [3.8, 4) is 0 Å². The van der Waals surface area contributed by atoms with Crippen LogP contribution in [-0.2, 0) is 0 Å². The first-order valence-electron chi connectivity index (χ1n) is 8.14. The fourth-order valence-corrected chi connectivity index (χ4v) is 4.15. The molecule has 0 bridgehead atoms. The molecular weight excluding hydrogens is 376 g/mol. The second-order valence-corrected chi connectivity index (χ2v) is 7.26. The average molecular weight is 387 g/mol. The highest BCUT2D eigenvalue weighted by atomic mass is 79.9. The van der Waals surface area contributed by atoms with Gasteiger partial charge in [-0.1, -0.05) is 46.3 Å². The van der Waals surface area contributed by atoms with Gasteiger partial charge in [0.25, 0.3) is 0 Å². The smallest absolute Gasteiger partial charge is 0.139 e. The molecule has 0 spiro atoms. The van der Waals surface area contributed by atoms with Crippen LogP contribution in [-0.4, -0.2) is 0 Å². The minimum absolute atomic E-state index is 0.851. The molecule has 0 unspecified atom stereocenters. The highest BCUT2D eigenvalue weighted by Crippen LogP contribution is 2.39. The average Bonchev–Trinajstić information content (AvgIpc) is 3.17. The number of hydrogen-bond acceptors (Lipinski definition) is 2. The molecule has 2 heterocycles. The largest absolute Gasteiger partial charge is 0.456 e. The van der Waals surface area contributed by atoms with E-state index in [1.165, 1.54) is 16.2 Å². The van der Waals surface area contributed by atoms with Gasteiger partial charge in [0.05, 0.1) is 0 Å². The van der Waals surface area contributed by atoms with Crippen molar-refractivity contribution >= 4 is 70.6 Å². The van der Waals surface area contributed by atoms with E-state index in [4.69, 9.17) is 8.83 Å². The van der Waals surface area contributed by atoms with Crippen LogP contribution in [0.4, 0.5) is 0 Å². The SMILES string of the molecule is Brc1ccc2oc3cc4oc5ccc6ccccc6c5c4cc3c2c1. The van der Waals surface area contributed by atoms with Crippen molar-refractivity contribution in [1.82, 2.24) is 0 Å². The van der Waals surface area contributed by atoms with Crippen molar-refractivity contribution in [2.24, 2.45) is 0 Å². The molecular formula is C22H11BrO2. The standard InChI is InChI=1S/C22H11BrO2/c23-13-6-8-18-15(9-13)16-10-17-21(11-20(16)24-18)25-19-7-5-12-3-1-2-4-14(12)22(17)19/h1-11H. The van der Waals surface area contributed by atoms with Gasteiger partial charge in [0.1, 0.15) is 22.3 Å². The lowest BCUT2D eigenvalue weighted by Gasteiger charge is -1.98. The van der Waals surface area contributed by atoms with Crippen LogP contribution in [0.25, 0.3) is 54.6 Å². The number of halogens is 1. The van der Waals surface area contributed by atoms with Crippen LogP contribution in [0.1, 0.15) is 0 Å². The van der Waals surface area contributed by atoms with E-state index in [2.05, 4.69) is 58.4 Å².